The molecule has 0 bridgehead atoms. The van der Waals surface area contributed by atoms with Gasteiger partial charge in [-0.05, 0) is 19.1 Å². The molecule has 3 N–H and O–H groups in total. The fraction of sp³-hybridized carbons (Fsp3) is 0.286. The van der Waals surface area contributed by atoms with Crippen molar-refractivity contribution in [2.24, 2.45) is 5.73 Å². The number of hydrogen-bond acceptors (Lipinski definition) is 4. The third kappa shape index (κ3) is 2.67. The molecule has 0 radical (unpaired) electrons. The molecule has 0 aliphatic carbocycles. The van der Waals surface area contributed by atoms with Crippen LogP contribution in [0, 0.1) is 0 Å². The molecule has 0 amide bonds. The maximum atomic E-state index is 9.24. The minimum Gasteiger partial charge on any atom is -0.394 e. The van der Waals surface area contributed by atoms with Gasteiger partial charge in [0.2, 0.25) is 0 Å². The number of fused-ring (bicyclic) bond motifs is 1. The Balaban J connectivity index is 2.61. The predicted molar refractivity (Wildman–Crippen MR) is 82.6 cm³/mol. The highest BCUT2D eigenvalue weighted by molar-refractivity contribution is 7.80. The van der Waals surface area contributed by atoms with Crippen molar-refractivity contribution in [1.29, 1.82) is 0 Å². The lowest BCUT2D eigenvalue weighted by atomic mass is 10.1. The van der Waals surface area contributed by atoms with E-state index in [0.29, 0.717) is 4.99 Å². The molecule has 4 nitrogen and oxygen atoms in total. The number of pyridine rings is 1. The van der Waals surface area contributed by atoms with Crippen LogP contribution in [0.4, 0.5) is 5.82 Å². The standard InChI is InChI=1S/C14H17N3OS/c1-9(8-18)17(2)13-7-11(14(15)19)10-5-3-4-6-12(10)16-13/h3-7,9,18H,8H2,1-2H3,(H2,15,19). The second kappa shape index (κ2) is 5.50. The summed E-state index contributed by atoms with van der Waals surface area (Å²) in [6.07, 6.45) is 0. The average molecular weight is 275 g/mol. The Bertz CT molecular complexity index is 615. The van der Waals surface area contributed by atoms with Crippen LogP contribution in [0.1, 0.15) is 12.5 Å². The van der Waals surface area contributed by atoms with Gasteiger partial charge in [-0.15, -0.1) is 0 Å². The number of hydrogen-bond donors (Lipinski definition) is 2. The summed E-state index contributed by atoms with van der Waals surface area (Å²) in [4.78, 5) is 6.85. The van der Waals surface area contributed by atoms with Crippen LogP contribution in [0.5, 0.6) is 0 Å². The maximum Gasteiger partial charge on any atom is 0.130 e. The summed E-state index contributed by atoms with van der Waals surface area (Å²) in [5.41, 5.74) is 7.45. The average Bonchev–Trinajstić information content (AvgIpc) is 2.44. The predicted octanol–water partition coefficient (Wildman–Crippen LogP) is 1.69. The van der Waals surface area contributed by atoms with Crippen molar-refractivity contribution in [2.75, 3.05) is 18.6 Å². The molecule has 0 saturated carbocycles. The van der Waals surface area contributed by atoms with Gasteiger partial charge in [0.1, 0.15) is 10.8 Å². The molecule has 0 spiro atoms. The number of anilines is 1. The van der Waals surface area contributed by atoms with E-state index in [1.807, 2.05) is 49.2 Å². The number of aliphatic hydroxyl groups excluding tert-OH is 1. The molecule has 2 aromatic rings. The first kappa shape index (κ1) is 13.7. The minimum atomic E-state index is -0.0205. The van der Waals surface area contributed by atoms with E-state index in [9.17, 15) is 5.11 Å². The SMILES string of the molecule is CC(CO)N(C)c1cc(C(N)=S)c2ccccc2n1. The van der Waals surface area contributed by atoms with Crippen LogP contribution in [0.25, 0.3) is 10.9 Å². The summed E-state index contributed by atoms with van der Waals surface area (Å²) >= 11 is 5.11. The molecule has 1 aromatic carbocycles. The van der Waals surface area contributed by atoms with E-state index in [1.165, 1.54) is 0 Å². The van der Waals surface area contributed by atoms with Gasteiger partial charge in [0.25, 0.3) is 0 Å². The zero-order valence-electron chi connectivity index (χ0n) is 11.0. The first-order valence-corrected chi connectivity index (χ1v) is 6.48. The van der Waals surface area contributed by atoms with Crippen LogP contribution in [-0.2, 0) is 0 Å². The van der Waals surface area contributed by atoms with Crippen molar-refractivity contribution in [3.8, 4) is 0 Å². The van der Waals surface area contributed by atoms with Crippen LogP contribution in [0.3, 0.4) is 0 Å². The van der Waals surface area contributed by atoms with Gasteiger partial charge in [-0.3, -0.25) is 0 Å². The Morgan fingerprint density at radius 1 is 1.47 bits per heavy atom. The molecule has 1 heterocycles. The van der Waals surface area contributed by atoms with E-state index < -0.39 is 0 Å². The molecule has 2 rings (SSSR count). The molecule has 0 aliphatic rings. The minimum absolute atomic E-state index is 0.0205. The molecule has 0 aliphatic heterocycles. The van der Waals surface area contributed by atoms with E-state index in [2.05, 4.69) is 4.98 Å². The molecule has 0 saturated heterocycles. The molecule has 1 aromatic heterocycles. The monoisotopic (exact) mass is 275 g/mol. The van der Waals surface area contributed by atoms with Gasteiger partial charge in [-0.2, -0.15) is 0 Å². The summed E-state index contributed by atoms with van der Waals surface area (Å²) in [6, 6.07) is 9.60. The van der Waals surface area contributed by atoms with Gasteiger partial charge < -0.3 is 15.7 Å². The van der Waals surface area contributed by atoms with Crippen molar-refractivity contribution in [1.82, 2.24) is 4.98 Å². The zero-order chi connectivity index (χ0) is 14.0. The number of aromatic nitrogens is 1. The molecule has 100 valence electrons. The molecule has 1 atom stereocenters. The highest BCUT2D eigenvalue weighted by Gasteiger charge is 2.14. The summed E-state index contributed by atoms with van der Waals surface area (Å²) in [6.45, 7) is 1.99. The Hall–Kier alpha value is -1.72. The first-order valence-electron chi connectivity index (χ1n) is 6.08. The van der Waals surface area contributed by atoms with E-state index in [-0.39, 0.29) is 12.6 Å². The van der Waals surface area contributed by atoms with Crippen LogP contribution in [0.15, 0.2) is 30.3 Å². The Labute approximate surface area is 117 Å². The highest BCUT2D eigenvalue weighted by atomic mass is 32.1. The van der Waals surface area contributed by atoms with Gasteiger partial charge in [0.15, 0.2) is 0 Å². The fourth-order valence-corrected chi connectivity index (χ4v) is 2.06. The Morgan fingerprint density at radius 2 is 2.16 bits per heavy atom. The van der Waals surface area contributed by atoms with Gasteiger partial charge >= 0.3 is 0 Å². The lowest BCUT2D eigenvalue weighted by molar-refractivity contribution is 0.270. The van der Waals surface area contributed by atoms with E-state index in [4.69, 9.17) is 18.0 Å². The van der Waals surface area contributed by atoms with Crippen molar-refractivity contribution < 1.29 is 5.11 Å². The number of likely N-dealkylation sites (N-methyl/N-ethyl adjacent to an activating group) is 1. The smallest absolute Gasteiger partial charge is 0.130 e. The van der Waals surface area contributed by atoms with Gasteiger partial charge in [-0.1, -0.05) is 30.4 Å². The molecule has 0 fully saturated rings. The van der Waals surface area contributed by atoms with Crippen molar-refractivity contribution in [3.63, 3.8) is 0 Å². The number of para-hydroxylation sites is 1. The number of thiocarbonyl (C=S) groups is 1. The fourth-order valence-electron chi connectivity index (χ4n) is 1.89. The third-order valence-corrected chi connectivity index (χ3v) is 3.47. The summed E-state index contributed by atoms with van der Waals surface area (Å²) < 4.78 is 0. The lowest BCUT2D eigenvalue weighted by Gasteiger charge is -2.25. The normalized spacial score (nSPS) is 12.4. The molecule has 5 heteroatoms. The molecule has 19 heavy (non-hydrogen) atoms. The summed E-state index contributed by atoms with van der Waals surface area (Å²) in [5, 5.41) is 10.2. The van der Waals surface area contributed by atoms with Crippen LogP contribution in [0.2, 0.25) is 0 Å². The second-order valence-electron chi connectivity index (χ2n) is 4.55. The highest BCUT2D eigenvalue weighted by Crippen LogP contribution is 2.23. The van der Waals surface area contributed by atoms with E-state index in [0.717, 1.165) is 22.3 Å². The second-order valence-corrected chi connectivity index (χ2v) is 4.99. The molecule has 1 unspecified atom stereocenters. The largest absolute Gasteiger partial charge is 0.394 e. The van der Waals surface area contributed by atoms with Crippen molar-refractivity contribution >= 4 is 33.9 Å². The van der Waals surface area contributed by atoms with Crippen LogP contribution >= 0.6 is 12.2 Å². The number of benzene rings is 1. The van der Waals surface area contributed by atoms with Crippen molar-refractivity contribution in [2.45, 2.75) is 13.0 Å². The maximum absolute atomic E-state index is 9.24. The van der Waals surface area contributed by atoms with E-state index in [1.54, 1.807) is 0 Å². The summed E-state index contributed by atoms with van der Waals surface area (Å²) in [5.74, 6) is 0.753. The third-order valence-electron chi connectivity index (χ3n) is 3.25. The first-order chi connectivity index (χ1) is 9.04. The summed E-state index contributed by atoms with van der Waals surface area (Å²) in [7, 11) is 1.89. The van der Waals surface area contributed by atoms with Crippen LogP contribution in [-0.4, -0.2) is 34.8 Å². The topological polar surface area (TPSA) is 62.4 Å². The number of rotatable bonds is 4. The Morgan fingerprint density at radius 3 is 2.79 bits per heavy atom. The zero-order valence-corrected chi connectivity index (χ0v) is 11.8. The Kier molecular flexibility index (Phi) is 3.97. The molecular weight excluding hydrogens is 258 g/mol. The quantitative estimate of drug-likeness (QED) is 0.831. The number of aliphatic hydroxyl groups is 1. The number of nitrogens with two attached hydrogens (primary N) is 1. The van der Waals surface area contributed by atoms with Gasteiger partial charge in [0, 0.05) is 18.0 Å². The molecular formula is C14H17N3OS. The van der Waals surface area contributed by atoms with Gasteiger partial charge in [0.05, 0.1) is 18.2 Å². The lowest BCUT2D eigenvalue weighted by Crippen LogP contribution is -2.32. The van der Waals surface area contributed by atoms with Gasteiger partial charge in [-0.25, -0.2) is 4.98 Å². The van der Waals surface area contributed by atoms with Crippen LogP contribution < -0.4 is 10.6 Å². The number of nitrogens with zero attached hydrogens (tertiary/aromatic N) is 2. The van der Waals surface area contributed by atoms with Crippen molar-refractivity contribution in [3.05, 3.63) is 35.9 Å². The van der Waals surface area contributed by atoms with E-state index >= 15 is 0 Å².